The molecule has 0 bridgehead atoms. The summed E-state index contributed by atoms with van der Waals surface area (Å²) in [6, 6.07) is 10.4. The van der Waals surface area contributed by atoms with Gasteiger partial charge in [-0.1, -0.05) is 37.3 Å². The minimum Gasteiger partial charge on any atom is -0.477 e. The van der Waals surface area contributed by atoms with Gasteiger partial charge in [-0.3, -0.25) is 4.90 Å². The number of benzene rings is 1. The van der Waals surface area contributed by atoms with Crippen LogP contribution < -0.4 is 0 Å². The molecule has 21 heavy (non-hydrogen) atoms. The van der Waals surface area contributed by atoms with Gasteiger partial charge in [-0.05, 0) is 19.0 Å². The SMILES string of the molecule is CCN(CCc1nc(C)c(C(=O)O)s1)Cc1ccccc1. The molecule has 0 radical (unpaired) electrons. The molecule has 2 rings (SSSR count). The highest BCUT2D eigenvalue weighted by Crippen LogP contribution is 2.19. The molecule has 0 aliphatic carbocycles. The first-order valence-electron chi connectivity index (χ1n) is 7.06. The van der Waals surface area contributed by atoms with E-state index in [-0.39, 0.29) is 0 Å². The topological polar surface area (TPSA) is 53.4 Å². The van der Waals surface area contributed by atoms with Crippen LogP contribution in [0.4, 0.5) is 0 Å². The monoisotopic (exact) mass is 304 g/mol. The number of thiazole rings is 1. The summed E-state index contributed by atoms with van der Waals surface area (Å²) in [6.45, 7) is 6.65. The Morgan fingerprint density at radius 3 is 2.62 bits per heavy atom. The first kappa shape index (κ1) is 15.7. The zero-order chi connectivity index (χ0) is 15.2. The summed E-state index contributed by atoms with van der Waals surface area (Å²) in [6.07, 6.45) is 0.791. The van der Waals surface area contributed by atoms with Crippen LogP contribution >= 0.6 is 11.3 Å². The number of carboxylic acid groups (broad SMARTS) is 1. The maximum atomic E-state index is 11.0. The van der Waals surface area contributed by atoms with Crippen molar-refractivity contribution in [1.82, 2.24) is 9.88 Å². The number of rotatable bonds is 7. The molecule has 1 aromatic heterocycles. The van der Waals surface area contributed by atoms with Gasteiger partial charge in [0.1, 0.15) is 4.88 Å². The van der Waals surface area contributed by atoms with E-state index in [4.69, 9.17) is 5.11 Å². The van der Waals surface area contributed by atoms with Gasteiger partial charge in [-0.25, -0.2) is 9.78 Å². The van der Waals surface area contributed by atoms with Gasteiger partial charge >= 0.3 is 5.97 Å². The Kier molecular flexibility index (Phi) is 5.47. The fourth-order valence-corrected chi connectivity index (χ4v) is 3.09. The number of aryl methyl sites for hydroxylation is 1. The minimum atomic E-state index is -0.882. The Balaban J connectivity index is 1.94. The molecule has 5 heteroatoms. The van der Waals surface area contributed by atoms with Crippen molar-refractivity contribution in [3.05, 3.63) is 51.5 Å². The lowest BCUT2D eigenvalue weighted by molar-refractivity contribution is 0.0701. The van der Waals surface area contributed by atoms with E-state index in [0.29, 0.717) is 10.6 Å². The van der Waals surface area contributed by atoms with E-state index in [1.54, 1.807) is 6.92 Å². The molecule has 0 atom stereocenters. The van der Waals surface area contributed by atoms with Gasteiger partial charge in [-0.15, -0.1) is 11.3 Å². The van der Waals surface area contributed by atoms with Crippen LogP contribution in [0.2, 0.25) is 0 Å². The third kappa shape index (κ3) is 4.37. The van der Waals surface area contributed by atoms with Crippen LogP contribution in [0, 0.1) is 6.92 Å². The first-order valence-corrected chi connectivity index (χ1v) is 7.87. The number of carboxylic acids is 1. The van der Waals surface area contributed by atoms with Crippen molar-refractivity contribution >= 4 is 17.3 Å². The highest BCUT2D eigenvalue weighted by Gasteiger charge is 2.14. The molecular formula is C16H20N2O2S. The van der Waals surface area contributed by atoms with Crippen LogP contribution in [-0.4, -0.2) is 34.0 Å². The lowest BCUT2D eigenvalue weighted by Gasteiger charge is -2.19. The molecule has 0 amide bonds. The molecule has 1 heterocycles. The van der Waals surface area contributed by atoms with Crippen LogP contribution in [0.15, 0.2) is 30.3 Å². The second-order valence-electron chi connectivity index (χ2n) is 4.93. The van der Waals surface area contributed by atoms with Crippen LogP contribution in [0.25, 0.3) is 0 Å². The van der Waals surface area contributed by atoms with Gasteiger partial charge in [0.2, 0.25) is 0 Å². The Hall–Kier alpha value is -1.72. The number of nitrogens with zero attached hydrogens (tertiary/aromatic N) is 2. The summed E-state index contributed by atoms with van der Waals surface area (Å²) >= 11 is 1.29. The first-order chi connectivity index (χ1) is 10.1. The lowest BCUT2D eigenvalue weighted by Crippen LogP contribution is -2.25. The van der Waals surface area contributed by atoms with Crippen molar-refractivity contribution in [3.63, 3.8) is 0 Å². The summed E-state index contributed by atoms with van der Waals surface area (Å²) in [5.74, 6) is -0.882. The highest BCUT2D eigenvalue weighted by atomic mass is 32.1. The van der Waals surface area contributed by atoms with E-state index in [1.165, 1.54) is 16.9 Å². The molecule has 1 N–H and O–H groups in total. The molecule has 1 aromatic carbocycles. The molecule has 0 fully saturated rings. The summed E-state index contributed by atoms with van der Waals surface area (Å²) in [5, 5.41) is 9.96. The van der Waals surface area contributed by atoms with Crippen molar-refractivity contribution in [2.45, 2.75) is 26.8 Å². The molecule has 2 aromatic rings. The van der Waals surface area contributed by atoms with Crippen LogP contribution in [0.5, 0.6) is 0 Å². The maximum absolute atomic E-state index is 11.0. The van der Waals surface area contributed by atoms with E-state index in [9.17, 15) is 4.79 Å². The van der Waals surface area contributed by atoms with E-state index < -0.39 is 5.97 Å². The van der Waals surface area contributed by atoms with E-state index in [1.807, 2.05) is 18.2 Å². The number of carbonyl (C=O) groups is 1. The summed E-state index contributed by atoms with van der Waals surface area (Å²) in [4.78, 5) is 18.1. The highest BCUT2D eigenvalue weighted by molar-refractivity contribution is 7.13. The van der Waals surface area contributed by atoms with Crippen molar-refractivity contribution in [3.8, 4) is 0 Å². The number of likely N-dealkylation sites (N-methyl/N-ethyl adjacent to an activating group) is 1. The minimum absolute atomic E-state index is 0.358. The Morgan fingerprint density at radius 2 is 2.05 bits per heavy atom. The molecule has 0 saturated heterocycles. The average Bonchev–Trinajstić information content (AvgIpc) is 2.86. The fraction of sp³-hybridized carbons (Fsp3) is 0.375. The normalized spacial score (nSPS) is 11.0. The van der Waals surface area contributed by atoms with E-state index >= 15 is 0 Å². The largest absolute Gasteiger partial charge is 0.477 e. The predicted molar refractivity (Wildman–Crippen MR) is 84.9 cm³/mol. The predicted octanol–water partition coefficient (Wildman–Crippen LogP) is 3.21. The molecule has 112 valence electrons. The molecule has 0 unspecified atom stereocenters. The van der Waals surface area contributed by atoms with Crippen LogP contribution in [0.3, 0.4) is 0 Å². The summed E-state index contributed by atoms with van der Waals surface area (Å²) < 4.78 is 0. The molecule has 0 aliphatic heterocycles. The summed E-state index contributed by atoms with van der Waals surface area (Å²) in [7, 11) is 0. The average molecular weight is 304 g/mol. The van der Waals surface area contributed by atoms with Crippen molar-refractivity contribution in [2.75, 3.05) is 13.1 Å². The summed E-state index contributed by atoms with van der Waals surface area (Å²) in [5.41, 5.74) is 1.91. The molecule has 0 aliphatic rings. The van der Waals surface area contributed by atoms with Gasteiger partial charge in [0.05, 0.1) is 10.7 Å². The van der Waals surface area contributed by atoms with E-state index in [2.05, 4.69) is 28.9 Å². The smallest absolute Gasteiger partial charge is 0.347 e. The van der Waals surface area contributed by atoms with Gasteiger partial charge in [0, 0.05) is 19.5 Å². The van der Waals surface area contributed by atoms with Crippen LogP contribution in [-0.2, 0) is 13.0 Å². The van der Waals surface area contributed by atoms with E-state index in [0.717, 1.165) is 31.1 Å². The quantitative estimate of drug-likeness (QED) is 0.853. The zero-order valence-corrected chi connectivity index (χ0v) is 13.2. The third-order valence-corrected chi connectivity index (χ3v) is 4.58. The molecule has 4 nitrogen and oxygen atoms in total. The van der Waals surface area contributed by atoms with Crippen LogP contribution in [0.1, 0.15) is 32.9 Å². The fourth-order valence-electron chi connectivity index (χ4n) is 2.20. The lowest BCUT2D eigenvalue weighted by atomic mass is 10.2. The number of hydrogen-bond donors (Lipinski definition) is 1. The Bertz CT molecular complexity index is 596. The zero-order valence-electron chi connectivity index (χ0n) is 12.4. The van der Waals surface area contributed by atoms with Gasteiger partial charge in [0.25, 0.3) is 0 Å². The molecule has 0 spiro atoms. The van der Waals surface area contributed by atoms with Crippen molar-refractivity contribution < 1.29 is 9.90 Å². The Morgan fingerprint density at radius 1 is 1.33 bits per heavy atom. The van der Waals surface area contributed by atoms with Gasteiger partial charge in [-0.2, -0.15) is 0 Å². The van der Waals surface area contributed by atoms with Crippen molar-refractivity contribution in [1.29, 1.82) is 0 Å². The Labute approximate surface area is 129 Å². The third-order valence-electron chi connectivity index (χ3n) is 3.37. The van der Waals surface area contributed by atoms with Gasteiger partial charge in [0.15, 0.2) is 0 Å². The van der Waals surface area contributed by atoms with Crippen molar-refractivity contribution in [2.24, 2.45) is 0 Å². The number of aromatic nitrogens is 1. The number of hydrogen-bond acceptors (Lipinski definition) is 4. The second kappa shape index (κ2) is 7.33. The van der Waals surface area contributed by atoms with Gasteiger partial charge < -0.3 is 5.11 Å². The second-order valence-corrected chi connectivity index (χ2v) is 6.02. The number of aromatic carboxylic acids is 1. The molecular weight excluding hydrogens is 284 g/mol. The maximum Gasteiger partial charge on any atom is 0.347 e. The molecule has 0 saturated carbocycles. The standard InChI is InChI=1S/C16H20N2O2S/c1-3-18(11-13-7-5-4-6-8-13)10-9-14-17-12(2)15(21-14)16(19)20/h4-8H,3,9-11H2,1-2H3,(H,19,20).